The van der Waals surface area contributed by atoms with Crippen molar-refractivity contribution in [1.82, 2.24) is 9.97 Å². The third-order valence-electron chi connectivity index (χ3n) is 6.04. The Kier molecular flexibility index (Phi) is 5.67. The molecule has 1 aliphatic heterocycles. The van der Waals surface area contributed by atoms with Gasteiger partial charge in [-0.25, -0.2) is 4.98 Å². The first kappa shape index (κ1) is 21.9. The van der Waals surface area contributed by atoms with Gasteiger partial charge in [0.15, 0.2) is 0 Å². The van der Waals surface area contributed by atoms with Crippen LogP contribution in [-0.4, -0.2) is 33.9 Å². The Morgan fingerprint density at radius 3 is 2.71 bits per heavy atom. The molecule has 0 unspecified atom stereocenters. The van der Waals surface area contributed by atoms with Gasteiger partial charge in [0.1, 0.15) is 11.5 Å². The molecule has 1 aromatic heterocycles. The second-order valence-corrected chi connectivity index (χ2v) is 8.80. The second kappa shape index (κ2) is 8.79. The number of imidazole rings is 1. The summed E-state index contributed by atoms with van der Waals surface area (Å²) in [6, 6.07) is 15.7. The topological polar surface area (TPSA) is 104 Å². The molecule has 0 aliphatic carbocycles. The molecular weight excluding hydrogens is 454 g/mol. The number of carbonyl (C=O) groups is 1. The molecule has 34 heavy (non-hydrogen) atoms. The molecule has 3 aromatic carbocycles. The Balaban J connectivity index is 1.40. The minimum absolute atomic E-state index is 0.0560. The van der Waals surface area contributed by atoms with Crippen LogP contribution in [0.5, 0.6) is 0 Å². The zero-order valence-electron chi connectivity index (χ0n) is 18.5. The SMILES string of the molecule is Cc1cc2[nH]c(-c3cccc(NC(=O)c4ccc(N5CCCC5)c([N+](=O)[O-])c4)c3)nc2cc1Cl. The summed E-state index contributed by atoms with van der Waals surface area (Å²) in [7, 11) is 0. The first-order valence-corrected chi connectivity index (χ1v) is 11.4. The molecule has 1 amide bonds. The highest BCUT2D eigenvalue weighted by atomic mass is 35.5. The highest BCUT2D eigenvalue weighted by Crippen LogP contribution is 2.32. The van der Waals surface area contributed by atoms with E-state index in [1.165, 1.54) is 6.07 Å². The summed E-state index contributed by atoms with van der Waals surface area (Å²) in [6.07, 6.45) is 2.02. The Labute approximate surface area is 200 Å². The van der Waals surface area contributed by atoms with Gasteiger partial charge in [-0.3, -0.25) is 14.9 Å². The number of amides is 1. The van der Waals surface area contributed by atoms with Crippen molar-refractivity contribution in [2.24, 2.45) is 0 Å². The molecule has 2 N–H and O–H groups in total. The maximum atomic E-state index is 12.9. The first-order valence-electron chi connectivity index (χ1n) is 11.0. The average Bonchev–Trinajstić information content (AvgIpc) is 3.49. The molecule has 8 nitrogen and oxygen atoms in total. The molecule has 0 bridgehead atoms. The summed E-state index contributed by atoms with van der Waals surface area (Å²) >= 11 is 6.21. The van der Waals surface area contributed by atoms with Gasteiger partial charge in [-0.05, 0) is 61.7 Å². The van der Waals surface area contributed by atoms with Crippen molar-refractivity contribution >= 4 is 45.6 Å². The number of benzene rings is 3. The summed E-state index contributed by atoms with van der Waals surface area (Å²) < 4.78 is 0. The summed E-state index contributed by atoms with van der Waals surface area (Å²) in [4.78, 5) is 34.0. The predicted molar refractivity (Wildman–Crippen MR) is 134 cm³/mol. The Morgan fingerprint density at radius 2 is 1.94 bits per heavy atom. The minimum atomic E-state index is -0.430. The van der Waals surface area contributed by atoms with Crippen LogP contribution in [-0.2, 0) is 0 Å². The number of rotatable bonds is 5. The molecule has 0 atom stereocenters. The summed E-state index contributed by atoms with van der Waals surface area (Å²) in [6.45, 7) is 3.50. The largest absolute Gasteiger partial charge is 0.366 e. The third-order valence-corrected chi connectivity index (χ3v) is 6.44. The van der Waals surface area contributed by atoms with Gasteiger partial charge in [0.25, 0.3) is 11.6 Å². The minimum Gasteiger partial charge on any atom is -0.366 e. The van der Waals surface area contributed by atoms with Crippen LogP contribution in [0.15, 0.2) is 54.6 Å². The number of aromatic nitrogens is 2. The van der Waals surface area contributed by atoms with E-state index in [9.17, 15) is 14.9 Å². The lowest BCUT2D eigenvalue weighted by atomic mass is 10.1. The van der Waals surface area contributed by atoms with Crippen LogP contribution >= 0.6 is 11.6 Å². The van der Waals surface area contributed by atoms with E-state index >= 15 is 0 Å². The smallest absolute Gasteiger partial charge is 0.293 e. The van der Waals surface area contributed by atoms with Crippen LogP contribution in [0.3, 0.4) is 0 Å². The molecule has 0 spiro atoms. The number of nitro benzene ring substituents is 1. The summed E-state index contributed by atoms with van der Waals surface area (Å²) in [5.41, 5.74) is 4.66. The number of halogens is 1. The third kappa shape index (κ3) is 4.20. The van der Waals surface area contributed by atoms with Crippen molar-refractivity contribution in [2.75, 3.05) is 23.3 Å². The van der Waals surface area contributed by atoms with Gasteiger partial charge < -0.3 is 15.2 Å². The fraction of sp³-hybridized carbons (Fsp3) is 0.200. The number of H-pyrrole nitrogens is 1. The van der Waals surface area contributed by atoms with Crippen molar-refractivity contribution in [2.45, 2.75) is 19.8 Å². The number of nitro groups is 1. The highest BCUT2D eigenvalue weighted by Gasteiger charge is 2.24. The lowest BCUT2D eigenvalue weighted by Gasteiger charge is -2.17. The molecule has 2 heterocycles. The van der Waals surface area contributed by atoms with Crippen LogP contribution in [0, 0.1) is 17.0 Å². The van der Waals surface area contributed by atoms with Crippen molar-refractivity contribution in [3.63, 3.8) is 0 Å². The Hall–Kier alpha value is -3.91. The number of aryl methyl sites for hydroxylation is 1. The quantitative estimate of drug-likeness (QED) is 0.274. The van der Waals surface area contributed by atoms with Gasteiger partial charge in [-0.15, -0.1) is 0 Å². The van der Waals surface area contributed by atoms with E-state index in [0.29, 0.717) is 22.2 Å². The zero-order chi connectivity index (χ0) is 23.8. The van der Waals surface area contributed by atoms with E-state index in [1.54, 1.807) is 24.3 Å². The number of hydrogen-bond donors (Lipinski definition) is 2. The van der Waals surface area contributed by atoms with Crippen molar-refractivity contribution in [3.8, 4) is 11.4 Å². The standard InChI is InChI=1S/C25H22ClN5O3/c1-15-11-20-21(14-19(15)26)29-24(28-20)16-5-4-6-18(12-16)27-25(32)17-7-8-22(23(13-17)31(33)34)30-9-2-3-10-30/h4-8,11-14H,2-3,9-10H2,1H3,(H,27,32)(H,28,29). The normalized spacial score (nSPS) is 13.4. The van der Waals surface area contributed by atoms with E-state index in [1.807, 2.05) is 36.1 Å². The number of nitrogens with one attached hydrogen (secondary N) is 2. The maximum Gasteiger partial charge on any atom is 0.293 e. The fourth-order valence-electron chi connectivity index (χ4n) is 4.26. The molecule has 1 aliphatic rings. The van der Waals surface area contributed by atoms with Gasteiger partial charge in [0.05, 0.1) is 16.0 Å². The molecule has 1 fully saturated rings. The van der Waals surface area contributed by atoms with E-state index in [0.717, 1.165) is 48.1 Å². The highest BCUT2D eigenvalue weighted by molar-refractivity contribution is 6.32. The average molecular weight is 476 g/mol. The first-order chi connectivity index (χ1) is 16.4. The monoisotopic (exact) mass is 475 g/mol. The summed E-state index contributed by atoms with van der Waals surface area (Å²) in [5.74, 6) is 0.235. The molecule has 0 radical (unpaired) electrons. The van der Waals surface area contributed by atoms with Crippen LogP contribution < -0.4 is 10.2 Å². The van der Waals surface area contributed by atoms with Gasteiger partial charge in [-0.1, -0.05) is 23.7 Å². The molecule has 4 aromatic rings. The van der Waals surface area contributed by atoms with Gasteiger partial charge >= 0.3 is 0 Å². The van der Waals surface area contributed by atoms with Crippen LogP contribution in [0.2, 0.25) is 5.02 Å². The number of fused-ring (bicyclic) bond motifs is 1. The van der Waals surface area contributed by atoms with Crippen LogP contribution in [0.4, 0.5) is 17.1 Å². The van der Waals surface area contributed by atoms with Crippen molar-refractivity contribution in [3.05, 3.63) is 80.9 Å². The van der Waals surface area contributed by atoms with Gasteiger partial charge in [-0.2, -0.15) is 0 Å². The molecule has 9 heteroatoms. The number of carbonyl (C=O) groups excluding carboxylic acids is 1. The van der Waals surface area contributed by atoms with Crippen molar-refractivity contribution in [1.29, 1.82) is 0 Å². The molecule has 172 valence electrons. The number of hydrogen-bond acceptors (Lipinski definition) is 5. The predicted octanol–water partition coefficient (Wildman–Crippen LogP) is 5.95. The Morgan fingerprint density at radius 1 is 1.15 bits per heavy atom. The van der Waals surface area contributed by atoms with Crippen molar-refractivity contribution < 1.29 is 9.72 Å². The fourth-order valence-corrected chi connectivity index (χ4v) is 4.42. The van der Waals surface area contributed by atoms with Gasteiger partial charge in [0, 0.05) is 41.0 Å². The van der Waals surface area contributed by atoms with E-state index in [2.05, 4.69) is 15.3 Å². The number of anilines is 2. The maximum absolute atomic E-state index is 12.9. The van der Waals surface area contributed by atoms with E-state index in [-0.39, 0.29) is 11.3 Å². The molecular formula is C25H22ClN5O3. The van der Waals surface area contributed by atoms with E-state index < -0.39 is 10.8 Å². The Bertz CT molecular complexity index is 1390. The lowest BCUT2D eigenvalue weighted by Crippen LogP contribution is -2.19. The zero-order valence-corrected chi connectivity index (χ0v) is 19.2. The van der Waals surface area contributed by atoms with Crippen LogP contribution in [0.25, 0.3) is 22.4 Å². The molecule has 5 rings (SSSR count). The van der Waals surface area contributed by atoms with Gasteiger partial charge in [0.2, 0.25) is 0 Å². The van der Waals surface area contributed by atoms with Crippen LogP contribution in [0.1, 0.15) is 28.8 Å². The lowest BCUT2D eigenvalue weighted by molar-refractivity contribution is -0.384. The second-order valence-electron chi connectivity index (χ2n) is 8.39. The summed E-state index contributed by atoms with van der Waals surface area (Å²) in [5, 5.41) is 15.1. The molecule has 1 saturated heterocycles. The number of aromatic amines is 1. The number of nitrogens with zero attached hydrogens (tertiary/aromatic N) is 3. The molecule has 0 saturated carbocycles. The van der Waals surface area contributed by atoms with E-state index in [4.69, 9.17) is 11.6 Å².